The SMILES string of the molecule is NC(=O)c1ccc(CNC(=O)c2cccc3cc(N(CC(=O)O)S(=O)(=O)c4cc(Cl)cc(Cl)c4)ccc23)cc1. The number of aliphatic carboxylic acids is 1. The van der Waals surface area contributed by atoms with E-state index in [4.69, 9.17) is 28.9 Å². The summed E-state index contributed by atoms with van der Waals surface area (Å²) in [6.07, 6.45) is 0. The van der Waals surface area contributed by atoms with Crippen LogP contribution in [-0.4, -0.2) is 37.9 Å². The number of halogens is 2. The highest BCUT2D eigenvalue weighted by atomic mass is 35.5. The number of nitrogens with two attached hydrogens (primary N) is 1. The molecule has 0 saturated carbocycles. The minimum atomic E-state index is -4.36. The molecule has 4 aromatic rings. The highest BCUT2D eigenvalue weighted by Gasteiger charge is 2.28. The largest absolute Gasteiger partial charge is 0.480 e. The van der Waals surface area contributed by atoms with Crippen LogP contribution in [0.4, 0.5) is 5.69 Å². The van der Waals surface area contributed by atoms with Crippen LogP contribution in [0.3, 0.4) is 0 Å². The second-order valence-electron chi connectivity index (χ2n) is 8.47. The molecule has 39 heavy (non-hydrogen) atoms. The Morgan fingerprint density at radius 1 is 0.897 bits per heavy atom. The molecule has 0 heterocycles. The van der Waals surface area contributed by atoms with Crippen molar-refractivity contribution in [2.24, 2.45) is 5.73 Å². The molecular formula is C27H21Cl2N3O6S. The molecule has 4 rings (SSSR count). The van der Waals surface area contributed by atoms with Gasteiger partial charge in [-0.2, -0.15) is 0 Å². The number of carboxylic acids is 1. The molecule has 12 heteroatoms. The second-order valence-corrected chi connectivity index (χ2v) is 11.2. The Labute approximate surface area is 233 Å². The van der Waals surface area contributed by atoms with Crippen molar-refractivity contribution in [3.05, 3.63) is 106 Å². The Morgan fingerprint density at radius 2 is 1.56 bits per heavy atom. The summed E-state index contributed by atoms with van der Waals surface area (Å²) in [5.74, 6) is -2.30. The topological polar surface area (TPSA) is 147 Å². The van der Waals surface area contributed by atoms with Gasteiger partial charge in [-0.05, 0) is 64.9 Å². The molecule has 4 aromatic carbocycles. The summed E-state index contributed by atoms with van der Waals surface area (Å²) in [5, 5.41) is 13.5. The number of hydrogen-bond donors (Lipinski definition) is 3. The maximum atomic E-state index is 13.4. The molecule has 0 spiro atoms. The van der Waals surface area contributed by atoms with Gasteiger partial charge in [0, 0.05) is 27.7 Å². The zero-order valence-electron chi connectivity index (χ0n) is 20.1. The first-order valence-corrected chi connectivity index (χ1v) is 13.6. The number of benzene rings is 4. The number of nitrogens with one attached hydrogen (secondary N) is 1. The van der Waals surface area contributed by atoms with E-state index < -0.39 is 28.4 Å². The lowest BCUT2D eigenvalue weighted by molar-refractivity contribution is -0.135. The first kappa shape index (κ1) is 27.9. The van der Waals surface area contributed by atoms with Gasteiger partial charge in [0.2, 0.25) is 5.91 Å². The van der Waals surface area contributed by atoms with Gasteiger partial charge in [-0.15, -0.1) is 0 Å². The van der Waals surface area contributed by atoms with Crippen LogP contribution in [0, 0.1) is 0 Å². The number of anilines is 1. The zero-order valence-corrected chi connectivity index (χ0v) is 22.4. The number of fused-ring (bicyclic) bond motifs is 1. The van der Waals surface area contributed by atoms with Gasteiger partial charge in [0.05, 0.1) is 10.6 Å². The summed E-state index contributed by atoms with van der Waals surface area (Å²) in [7, 11) is -4.36. The third-order valence-corrected chi connectivity index (χ3v) is 7.98. The highest BCUT2D eigenvalue weighted by Crippen LogP contribution is 2.31. The van der Waals surface area contributed by atoms with Gasteiger partial charge in [-0.3, -0.25) is 18.7 Å². The maximum absolute atomic E-state index is 13.4. The third kappa shape index (κ3) is 6.31. The minimum Gasteiger partial charge on any atom is -0.480 e. The highest BCUT2D eigenvalue weighted by molar-refractivity contribution is 7.92. The summed E-state index contributed by atoms with van der Waals surface area (Å²) in [6, 6.07) is 19.6. The fraction of sp³-hybridized carbons (Fsp3) is 0.0741. The normalized spacial score (nSPS) is 11.2. The number of primary amides is 1. The van der Waals surface area contributed by atoms with Crippen LogP contribution in [0.15, 0.2) is 83.8 Å². The summed E-state index contributed by atoms with van der Waals surface area (Å²) < 4.78 is 27.6. The van der Waals surface area contributed by atoms with Crippen LogP contribution in [0.25, 0.3) is 10.8 Å². The summed E-state index contributed by atoms with van der Waals surface area (Å²) in [4.78, 5) is 35.6. The van der Waals surface area contributed by atoms with Gasteiger partial charge >= 0.3 is 5.97 Å². The summed E-state index contributed by atoms with van der Waals surface area (Å²) in [6.45, 7) is -0.661. The van der Waals surface area contributed by atoms with Crippen molar-refractivity contribution in [3.8, 4) is 0 Å². The molecule has 0 aromatic heterocycles. The molecule has 2 amide bonds. The van der Waals surface area contributed by atoms with E-state index in [-0.39, 0.29) is 33.1 Å². The number of carboxylic acid groups (broad SMARTS) is 1. The molecular weight excluding hydrogens is 565 g/mol. The van der Waals surface area contributed by atoms with Crippen molar-refractivity contribution < 1.29 is 27.9 Å². The molecule has 0 aliphatic heterocycles. The van der Waals surface area contributed by atoms with E-state index in [1.807, 2.05) is 0 Å². The second kappa shape index (κ2) is 11.3. The predicted octanol–water partition coefficient (Wildman–Crippen LogP) is 4.46. The Kier molecular flexibility index (Phi) is 8.10. The molecule has 0 atom stereocenters. The van der Waals surface area contributed by atoms with E-state index in [1.54, 1.807) is 48.5 Å². The molecule has 0 aliphatic carbocycles. The van der Waals surface area contributed by atoms with Crippen LogP contribution < -0.4 is 15.4 Å². The number of carbonyl (C=O) groups excluding carboxylic acids is 2. The van der Waals surface area contributed by atoms with Crippen LogP contribution in [0.2, 0.25) is 10.0 Å². The molecule has 0 fully saturated rings. The number of rotatable bonds is 9. The molecule has 0 unspecified atom stereocenters. The van der Waals surface area contributed by atoms with Gasteiger partial charge in [0.25, 0.3) is 15.9 Å². The van der Waals surface area contributed by atoms with E-state index in [0.717, 1.165) is 9.87 Å². The molecule has 0 bridgehead atoms. The monoisotopic (exact) mass is 585 g/mol. The predicted molar refractivity (Wildman–Crippen MR) is 149 cm³/mol. The van der Waals surface area contributed by atoms with Crippen LogP contribution in [0.5, 0.6) is 0 Å². The number of carbonyl (C=O) groups is 3. The Balaban J connectivity index is 1.65. The first-order chi connectivity index (χ1) is 18.5. The number of amides is 2. The van der Waals surface area contributed by atoms with Crippen LogP contribution in [-0.2, 0) is 21.4 Å². The third-order valence-electron chi connectivity index (χ3n) is 5.79. The fourth-order valence-corrected chi connectivity index (χ4v) is 6.06. The number of sulfonamides is 1. The molecule has 0 aliphatic rings. The van der Waals surface area contributed by atoms with E-state index in [1.165, 1.54) is 30.3 Å². The van der Waals surface area contributed by atoms with E-state index in [9.17, 15) is 27.9 Å². The Morgan fingerprint density at radius 3 is 2.18 bits per heavy atom. The lowest BCUT2D eigenvalue weighted by Gasteiger charge is -2.23. The van der Waals surface area contributed by atoms with Crippen LogP contribution >= 0.6 is 23.2 Å². The lowest BCUT2D eigenvalue weighted by atomic mass is 10.0. The quantitative estimate of drug-likeness (QED) is 0.264. The average Bonchev–Trinajstić information content (AvgIpc) is 2.89. The fourth-order valence-electron chi connectivity index (χ4n) is 3.93. The van der Waals surface area contributed by atoms with Gasteiger partial charge in [0.1, 0.15) is 6.54 Å². The van der Waals surface area contributed by atoms with E-state index in [0.29, 0.717) is 21.9 Å². The molecule has 0 radical (unpaired) electrons. The van der Waals surface area contributed by atoms with Crippen molar-refractivity contribution >= 4 is 67.5 Å². The maximum Gasteiger partial charge on any atom is 0.324 e. The van der Waals surface area contributed by atoms with Gasteiger partial charge in [0.15, 0.2) is 0 Å². The lowest BCUT2D eigenvalue weighted by Crippen LogP contribution is -2.35. The van der Waals surface area contributed by atoms with E-state index >= 15 is 0 Å². The van der Waals surface area contributed by atoms with Gasteiger partial charge < -0.3 is 16.2 Å². The van der Waals surface area contributed by atoms with Crippen molar-refractivity contribution in [3.63, 3.8) is 0 Å². The number of nitrogens with zero attached hydrogens (tertiary/aromatic N) is 1. The van der Waals surface area contributed by atoms with Gasteiger partial charge in [-0.25, -0.2) is 8.42 Å². The summed E-state index contributed by atoms with van der Waals surface area (Å²) >= 11 is 12.0. The smallest absolute Gasteiger partial charge is 0.324 e. The Bertz CT molecular complexity index is 1690. The number of hydrogen-bond acceptors (Lipinski definition) is 5. The molecule has 0 saturated heterocycles. The van der Waals surface area contributed by atoms with Crippen LogP contribution in [0.1, 0.15) is 26.3 Å². The average molecular weight is 586 g/mol. The van der Waals surface area contributed by atoms with Gasteiger partial charge in [-0.1, -0.05) is 53.5 Å². The van der Waals surface area contributed by atoms with Crippen molar-refractivity contribution in [1.29, 1.82) is 0 Å². The van der Waals surface area contributed by atoms with Crippen molar-refractivity contribution in [2.75, 3.05) is 10.8 Å². The standard InChI is InChI=1S/C27H21Cl2N3O6S/c28-19-11-20(29)13-22(12-19)39(37,38)32(15-25(33)34)21-8-9-23-18(10-21)2-1-3-24(23)27(36)31-14-16-4-6-17(7-5-16)26(30)35/h1-13H,14-15H2,(H2,30,35)(H,31,36)(H,33,34). The van der Waals surface area contributed by atoms with Crippen molar-refractivity contribution in [1.82, 2.24) is 5.32 Å². The first-order valence-electron chi connectivity index (χ1n) is 11.4. The summed E-state index contributed by atoms with van der Waals surface area (Å²) in [5.41, 5.74) is 6.77. The Hall–Kier alpha value is -4.12. The van der Waals surface area contributed by atoms with E-state index in [2.05, 4.69) is 5.32 Å². The molecule has 200 valence electrons. The molecule has 4 N–H and O–H groups in total. The minimum absolute atomic E-state index is 0.0769. The zero-order chi connectivity index (χ0) is 28.3. The van der Waals surface area contributed by atoms with Crippen molar-refractivity contribution in [2.45, 2.75) is 11.4 Å². The molecule has 9 nitrogen and oxygen atoms in total.